The predicted molar refractivity (Wildman–Crippen MR) is 76.5 cm³/mol. The van der Waals surface area contributed by atoms with Crippen LogP contribution in [0.15, 0.2) is 21.2 Å². The standard InChI is InChI=1S/C12H16Br2N2O/c1-17-8-9-3-2-4-16(7-9)12-11(14)5-10(13)6-15-12/h5-6,9H,2-4,7-8H2,1H3. The maximum absolute atomic E-state index is 5.25. The van der Waals surface area contributed by atoms with E-state index in [-0.39, 0.29) is 0 Å². The molecule has 0 N–H and O–H groups in total. The second-order valence-corrected chi connectivity index (χ2v) is 6.14. The number of methoxy groups -OCH3 is 1. The molecule has 1 unspecified atom stereocenters. The summed E-state index contributed by atoms with van der Waals surface area (Å²) in [5, 5.41) is 0. The van der Waals surface area contributed by atoms with Crippen molar-refractivity contribution in [3.8, 4) is 0 Å². The van der Waals surface area contributed by atoms with Crippen LogP contribution < -0.4 is 4.90 Å². The van der Waals surface area contributed by atoms with Crippen LogP contribution in [0.3, 0.4) is 0 Å². The molecule has 3 nitrogen and oxygen atoms in total. The zero-order valence-electron chi connectivity index (χ0n) is 9.83. The van der Waals surface area contributed by atoms with Crippen LogP contribution in [0, 0.1) is 5.92 Å². The van der Waals surface area contributed by atoms with Crippen LogP contribution in [0.1, 0.15) is 12.8 Å². The molecule has 2 rings (SSSR count). The van der Waals surface area contributed by atoms with Crippen LogP contribution in [0.25, 0.3) is 0 Å². The van der Waals surface area contributed by atoms with Gasteiger partial charge >= 0.3 is 0 Å². The number of pyridine rings is 1. The van der Waals surface area contributed by atoms with Crippen LogP contribution in [0.4, 0.5) is 5.82 Å². The van der Waals surface area contributed by atoms with Gasteiger partial charge in [0.1, 0.15) is 5.82 Å². The highest BCUT2D eigenvalue weighted by molar-refractivity contribution is 9.11. The van der Waals surface area contributed by atoms with Gasteiger partial charge in [-0.15, -0.1) is 0 Å². The Kier molecular flexibility index (Phi) is 4.82. The molecule has 1 aliphatic heterocycles. The van der Waals surface area contributed by atoms with Crippen LogP contribution in [0.5, 0.6) is 0 Å². The van der Waals surface area contributed by atoms with Gasteiger partial charge in [-0.25, -0.2) is 4.98 Å². The van der Waals surface area contributed by atoms with Gasteiger partial charge in [-0.05, 0) is 56.7 Å². The topological polar surface area (TPSA) is 25.4 Å². The van der Waals surface area contributed by atoms with Gasteiger partial charge in [0.15, 0.2) is 0 Å². The predicted octanol–water partition coefficient (Wildman–Crippen LogP) is 3.47. The Morgan fingerprint density at radius 3 is 3.06 bits per heavy atom. The lowest BCUT2D eigenvalue weighted by molar-refractivity contribution is 0.143. The highest BCUT2D eigenvalue weighted by atomic mass is 79.9. The highest BCUT2D eigenvalue weighted by Crippen LogP contribution is 2.30. The van der Waals surface area contributed by atoms with E-state index in [9.17, 15) is 0 Å². The van der Waals surface area contributed by atoms with E-state index in [1.807, 2.05) is 12.3 Å². The average Bonchev–Trinajstić information content (AvgIpc) is 2.29. The SMILES string of the molecule is COCC1CCCN(c2ncc(Br)cc2Br)C1. The van der Waals surface area contributed by atoms with Crippen molar-refractivity contribution in [3.63, 3.8) is 0 Å². The van der Waals surface area contributed by atoms with E-state index in [1.54, 1.807) is 7.11 Å². The minimum atomic E-state index is 0.617. The first-order chi connectivity index (χ1) is 8.20. The maximum Gasteiger partial charge on any atom is 0.142 e. The van der Waals surface area contributed by atoms with Crippen molar-refractivity contribution >= 4 is 37.7 Å². The highest BCUT2D eigenvalue weighted by Gasteiger charge is 2.22. The number of halogens is 2. The third-order valence-electron chi connectivity index (χ3n) is 3.01. The minimum Gasteiger partial charge on any atom is -0.384 e. The molecule has 2 heterocycles. The monoisotopic (exact) mass is 362 g/mol. The molecule has 0 radical (unpaired) electrons. The number of piperidine rings is 1. The Labute approximate surface area is 119 Å². The molecule has 0 spiro atoms. The fraction of sp³-hybridized carbons (Fsp3) is 0.583. The summed E-state index contributed by atoms with van der Waals surface area (Å²) in [6, 6.07) is 2.04. The Morgan fingerprint density at radius 1 is 1.53 bits per heavy atom. The van der Waals surface area contributed by atoms with Crippen molar-refractivity contribution < 1.29 is 4.74 Å². The summed E-state index contributed by atoms with van der Waals surface area (Å²) in [5.41, 5.74) is 0. The van der Waals surface area contributed by atoms with Gasteiger partial charge in [-0.1, -0.05) is 0 Å². The smallest absolute Gasteiger partial charge is 0.142 e. The van der Waals surface area contributed by atoms with E-state index in [2.05, 4.69) is 41.7 Å². The molecule has 0 amide bonds. The Hall–Kier alpha value is -0.130. The molecular weight excluding hydrogens is 348 g/mol. The Morgan fingerprint density at radius 2 is 2.35 bits per heavy atom. The number of rotatable bonds is 3. The second-order valence-electron chi connectivity index (χ2n) is 4.37. The number of nitrogens with zero attached hydrogens (tertiary/aromatic N) is 2. The minimum absolute atomic E-state index is 0.617. The summed E-state index contributed by atoms with van der Waals surface area (Å²) < 4.78 is 7.29. The van der Waals surface area contributed by atoms with Crippen molar-refractivity contribution in [2.45, 2.75) is 12.8 Å². The summed E-state index contributed by atoms with van der Waals surface area (Å²) in [4.78, 5) is 6.82. The average molecular weight is 364 g/mol. The number of aromatic nitrogens is 1. The summed E-state index contributed by atoms with van der Waals surface area (Å²) in [6.45, 7) is 2.94. The van der Waals surface area contributed by atoms with Gasteiger partial charge in [0.25, 0.3) is 0 Å². The van der Waals surface area contributed by atoms with Crippen LogP contribution >= 0.6 is 31.9 Å². The van der Waals surface area contributed by atoms with Gasteiger partial charge in [-0.3, -0.25) is 0 Å². The van der Waals surface area contributed by atoms with E-state index in [1.165, 1.54) is 12.8 Å². The quantitative estimate of drug-likeness (QED) is 0.822. The first-order valence-electron chi connectivity index (χ1n) is 5.75. The molecule has 1 atom stereocenters. The third-order valence-corrected chi connectivity index (χ3v) is 4.03. The fourth-order valence-electron chi connectivity index (χ4n) is 2.27. The van der Waals surface area contributed by atoms with Gasteiger partial charge in [0.2, 0.25) is 0 Å². The normalized spacial score (nSPS) is 20.6. The molecule has 0 bridgehead atoms. The molecule has 0 aromatic carbocycles. The van der Waals surface area contributed by atoms with Crippen molar-refractivity contribution in [1.29, 1.82) is 0 Å². The summed E-state index contributed by atoms with van der Waals surface area (Å²) in [5.74, 6) is 1.65. The maximum atomic E-state index is 5.25. The third kappa shape index (κ3) is 3.42. The van der Waals surface area contributed by atoms with Gasteiger partial charge in [0.05, 0.1) is 11.1 Å². The molecule has 1 aromatic rings. The van der Waals surface area contributed by atoms with Gasteiger partial charge in [0, 0.05) is 30.9 Å². The van der Waals surface area contributed by atoms with E-state index < -0.39 is 0 Å². The number of anilines is 1. The molecule has 0 aliphatic carbocycles. The number of ether oxygens (including phenoxy) is 1. The summed E-state index contributed by atoms with van der Waals surface area (Å²) >= 11 is 7.00. The second kappa shape index (κ2) is 6.16. The molecule has 1 aliphatic rings. The first-order valence-corrected chi connectivity index (χ1v) is 7.34. The van der Waals surface area contributed by atoms with E-state index in [0.29, 0.717) is 5.92 Å². The molecule has 17 heavy (non-hydrogen) atoms. The van der Waals surface area contributed by atoms with Crippen LogP contribution in [0.2, 0.25) is 0 Å². The lowest BCUT2D eigenvalue weighted by Crippen LogP contribution is -2.37. The summed E-state index contributed by atoms with van der Waals surface area (Å²) in [7, 11) is 1.77. The van der Waals surface area contributed by atoms with Crippen LogP contribution in [-0.4, -0.2) is 31.8 Å². The van der Waals surface area contributed by atoms with Gasteiger partial charge in [-0.2, -0.15) is 0 Å². The number of hydrogen-bond donors (Lipinski definition) is 0. The van der Waals surface area contributed by atoms with Gasteiger partial charge < -0.3 is 9.64 Å². The van der Waals surface area contributed by atoms with Crippen molar-refractivity contribution in [3.05, 3.63) is 21.2 Å². The molecule has 1 aromatic heterocycles. The zero-order valence-corrected chi connectivity index (χ0v) is 13.0. The lowest BCUT2D eigenvalue weighted by atomic mass is 9.99. The first kappa shape index (κ1) is 13.3. The van der Waals surface area contributed by atoms with Crippen molar-refractivity contribution in [1.82, 2.24) is 4.98 Å². The molecule has 1 fully saturated rings. The molecule has 1 saturated heterocycles. The Balaban J connectivity index is 2.10. The molecule has 94 valence electrons. The largest absolute Gasteiger partial charge is 0.384 e. The molecule has 5 heteroatoms. The van der Waals surface area contributed by atoms with Crippen molar-refractivity contribution in [2.75, 3.05) is 31.7 Å². The van der Waals surface area contributed by atoms with E-state index in [4.69, 9.17) is 4.74 Å². The Bertz CT molecular complexity index is 385. The fourth-order valence-corrected chi connectivity index (χ4v) is 3.51. The van der Waals surface area contributed by atoms with E-state index in [0.717, 1.165) is 34.5 Å². The number of hydrogen-bond acceptors (Lipinski definition) is 3. The van der Waals surface area contributed by atoms with E-state index >= 15 is 0 Å². The molecular formula is C12H16Br2N2O. The lowest BCUT2D eigenvalue weighted by Gasteiger charge is -2.33. The summed E-state index contributed by atoms with van der Waals surface area (Å²) in [6.07, 6.45) is 4.30. The molecule has 0 saturated carbocycles. The van der Waals surface area contributed by atoms with Crippen molar-refractivity contribution in [2.24, 2.45) is 5.92 Å². The zero-order chi connectivity index (χ0) is 12.3. The van der Waals surface area contributed by atoms with Crippen LogP contribution in [-0.2, 0) is 4.74 Å².